The van der Waals surface area contributed by atoms with Crippen molar-refractivity contribution in [1.29, 1.82) is 0 Å². The fourth-order valence-electron chi connectivity index (χ4n) is 2.00. The van der Waals surface area contributed by atoms with Gasteiger partial charge in [0.05, 0.1) is 6.61 Å². The minimum atomic E-state index is -2.33. The normalized spacial score (nSPS) is 10.7. The van der Waals surface area contributed by atoms with E-state index in [-0.39, 0.29) is 11.1 Å². The topological polar surface area (TPSA) is 116 Å². The van der Waals surface area contributed by atoms with E-state index in [1.807, 2.05) is 0 Å². The lowest BCUT2D eigenvalue weighted by atomic mass is 10.1. The van der Waals surface area contributed by atoms with Crippen molar-refractivity contribution in [2.45, 2.75) is 5.66 Å². The molecule has 0 aliphatic heterocycles. The van der Waals surface area contributed by atoms with Gasteiger partial charge in [0.25, 0.3) is 11.8 Å². The minimum Gasteiger partial charge on any atom is -0.478 e. The fourth-order valence-corrected chi connectivity index (χ4v) is 2.00. The van der Waals surface area contributed by atoms with Crippen LogP contribution in [0.25, 0.3) is 0 Å². The smallest absolute Gasteiger partial charge is 0.353 e. The van der Waals surface area contributed by atoms with Crippen molar-refractivity contribution in [3.63, 3.8) is 0 Å². The third-order valence-electron chi connectivity index (χ3n) is 3.33. The average Bonchev–Trinajstić information content (AvgIpc) is 2.62. The Morgan fingerprint density at radius 1 is 0.792 bits per heavy atom. The number of hydrogen-bond acceptors (Lipinski definition) is 4. The van der Waals surface area contributed by atoms with Crippen LogP contribution in [-0.2, 0) is 4.79 Å². The summed E-state index contributed by atoms with van der Waals surface area (Å²) >= 11 is 0. The van der Waals surface area contributed by atoms with Crippen LogP contribution in [-0.4, -0.2) is 40.3 Å². The first-order valence-corrected chi connectivity index (χ1v) is 7.08. The predicted octanol–water partition coefficient (Wildman–Crippen LogP) is 0.620. The molecule has 4 N–H and O–H groups in total. The van der Waals surface area contributed by atoms with Gasteiger partial charge >= 0.3 is 5.97 Å². The first kappa shape index (κ1) is 17.2. The number of carboxylic acid groups (broad SMARTS) is 1. The van der Waals surface area contributed by atoms with Crippen LogP contribution in [0.15, 0.2) is 60.7 Å². The molecule has 7 nitrogen and oxygen atoms in total. The van der Waals surface area contributed by atoms with E-state index in [1.54, 1.807) is 36.4 Å². The first-order chi connectivity index (χ1) is 11.5. The lowest BCUT2D eigenvalue weighted by Gasteiger charge is -2.29. The van der Waals surface area contributed by atoms with E-state index in [0.29, 0.717) is 0 Å². The molecule has 2 aromatic carbocycles. The van der Waals surface area contributed by atoms with Crippen LogP contribution < -0.4 is 10.6 Å². The average molecular weight is 328 g/mol. The SMILES string of the molecule is O=C(NC(CO)(NC(=O)c1ccccc1)C(=O)O)c1ccccc1. The number of carbonyl (C=O) groups is 3. The molecular formula is C17H16N2O5. The van der Waals surface area contributed by atoms with Gasteiger partial charge in [-0.15, -0.1) is 0 Å². The standard InChI is InChI=1S/C17H16N2O5/c20-11-17(16(23)24,18-14(21)12-7-3-1-4-8-12)19-15(22)13-9-5-2-6-10-13/h1-10,20H,11H2,(H,18,21)(H,19,22)(H,23,24). The molecule has 0 spiro atoms. The zero-order chi connectivity index (χ0) is 17.6. The zero-order valence-electron chi connectivity index (χ0n) is 12.6. The van der Waals surface area contributed by atoms with Crippen LogP contribution in [0.3, 0.4) is 0 Å². The second-order valence-corrected chi connectivity index (χ2v) is 5.01. The Morgan fingerprint density at radius 3 is 1.46 bits per heavy atom. The van der Waals surface area contributed by atoms with Gasteiger partial charge in [0.2, 0.25) is 5.66 Å². The quantitative estimate of drug-likeness (QED) is 0.580. The van der Waals surface area contributed by atoms with E-state index >= 15 is 0 Å². The Bertz CT molecular complexity index is 678. The van der Waals surface area contributed by atoms with Gasteiger partial charge < -0.3 is 20.8 Å². The molecule has 0 heterocycles. The number of aliphatic hydroxyl groups excluding tert-OH is 1. The highest BCUT2D eigenvalue weighted by atomic mass is 16.4. The van der Waals surface area contributed by atoms with Crippen molar-refractivity contribution in [2.24, 2.45) is 0 Å². The summed E-state index contributed by atoms with van der Waals surface area (Å²) in [6.07, 6.45) is 0. The van der Waals surface area contributed by atoms with E-state index in [2.05, 4.69) is 10.6 Å². The largest absolute Gasteiger partial charge is 0.478 e. The van der Waals surface area contributed by atoms with E-state index in [1.165, 1.54) is 24.3 Å². The van der Waals surface area contributed by atoms with Crippen molar-refractivity contribution in [3.8, 4) is 0 Å². The Hall–Kier alpha value is -3.19. The number of carboxylic acids is 1. The van der Waals surface area contributed by atoms with Gasteiger partial charge in [-0.05, 0) is 24.3 Å². The van der Waals surface area contributed by atoms with Crippen LogP contribution in [0.5, 0.6) is 0 Å². The summed E-state index contributed by atoms with van der Waals surface area (Å²) in [6.45, 7) is -1.01. The van der Waals surface area contributed by atoms with E-state index in [4.69, 9.17) is 0 Å². The summed E-state index contributed by atoms with van der Waals surface area (Å²) in [7, 11) is 0. The minimum absolute atomic E-state index is 0.200. The molecule has 2 aromatic rings. The molecule has 0 saturated heterocycles. The first-order valence-electron chi connectivity index (χ1n) is 7.08. The van der Waals surface area contributed by atoms with Gasteiger partial charge in [-0.3, -0.25) is 9.59 Å². The molecule has 124 valence electrons. The maximum atomic E-state index is 12.2. The Labute approximate surface area is 137 Å². The molecule has 0 atom stereocenters. The fraction of sp³-hybridized carbons (Fsp3) is 0.118. The lowest BCUT2D eigenvalue weighted by Crippen LogP contribution is -2.67. The highest BCUT2D eigenvalue weighted by Gasteiger charge is 2.41. The third-order valence-corrected chi connectivity index (χ3v) is 3.33. The van der Waals surface area contributed by atoms with Gasteiger partial charge in [0.1, 0.15) is 0 Å². The van der Waals surface area contributed by atoms with Crippen molar-refractivity contribution < 1.29 is 24.6 Å². The molecule has 0 aliphatic rings. The van der Waals surface area contributed by atoms with Crippen molar-refractivity contribution in [1.82, 2.24) is 10.6 Å². The van der Waals surface area contributed by atoms with Gasteiger partial charge in [-0.25, -0.2) is 4.79 Å². The zero-order valence-corrected chi connectivity index (χ0v) is 12.6. The highest BCUT2D eigenvalue weighted by Crippen LogP contribution is 2.08. The number of amides is 2. The molecular weight excluding hydrogens is 312 g/mol. The Morgan fingerprint density at radius 2 is 1.17 bits per heavy atom. The molecule has 0 radical (unpaired) electrons. The highest BCUT2D eigenvalue weighted by molar-refractivity contribution is 6.01. The molecule has 0 saturated carbocycles. The van der Waals surface area contributed by atoms with Crippen molar-refractivity contribution in [3.05, 3.63) is 71.8 Å². The molecule has 2 amide bonds. The molecule has 0 unspecified atom stereocenters. The third kappa shape index (κ3) is 3.76. The number of benzene rings is 2. The monoisotopic (exact) mass is 328 g/mol. The predicted molar refractivity (Wildman–Crippen MR) is 85.3 cm³/mol. The van der Waals surface area contributed by atoms with Crippen LogP contribution in [0, 0.1) is 0 Å². The molecule has 7 heteroatoms. The summed E-state index contributed by atoms with van der Waals surface area (Å²) in [4.78, 5) is 36.0. The Balaban J connectivity index is 2.25. The Kier molecular flexibility index (Phi) is 5.28. The summed E-state index contributed by atoms with van der Waals surface area (Å²) in [6, 6.07) is 15.8. The van der Waals surface area contributed by atoms with Crippen LogP contribution >= 0.6 is 0 Å². The van der Waals surface area contributed by atoms with E-state index in [0.717, 1.165) is 0 Å². The molecule has 2 rings (SSSR count). The molecule has 24 heavy (non-hydrogen) atoms. The second-order valence-electron chi connectivity index (χ2n) is 5.01. The molecule has 0 fully saturated rings. The number of carbonyl (C=O) groups excluding carboxylic acids is 2. The number of nitrogens with one attached hydrogen (secondary N) is 2. The summed E-state index contributed by atoms with van der Waals surface area (Å²) < 4.78 is 0. The maximum Gasteiger partial charge on any atom is 0.353 e. The summed E-state index contributed by atoms with van der Waals surface area (Å²) in [5.41, 5.74) is -1.93. The lowest BCUT2D eigenvalue weighted by molar-refractivity contribution is -0.147. The summed E-state index contributed by atoms with van der Waals surface area (Å²) in [5.74, 6) is -3.06. The van der Waals surface area contributed by atoms with Crippen molar-refractivity contribution in [2.75, 3.05) is 6.61 Å². The second kappa shape index (κ2) is 7.38. The number of rotatable bonds is 6. The molecule has 0 aromatic heterocycles. The number of aliphatic hydroxyl groups is 1. The van der Waals surface area contributed by atoms with Gasteiger partial charge in [0, 0.05) is 11.1 Å². The number of hydrogen-bond donors (Lipinski definition) is 4. The van der Waals surface area contributed by atoms with Gasteiger partial charge in [0.15, 0.2) is 0 Å². The van der Waals surface area contributed by atoms with Crippen LogP contribution in [0.1, 0.15) is 20.7 Å². The summed E-state index contributed by atoms with van der Waals surface area (Å²) in [5, 5.41) is 23.3. The van der Waals surface area contributed by atoms with Gasteiger partial charge in [-0.2, -0.15) is 0 Å². The molecule has 0 aliphatic carbocycles. The maximum absolute atomic E-state index is 12.2. The van der Waals surface area contributed by atoms with Crippen molar-refractivity contribution >= 4 is 17.8 Å². The van der Waals surface area contributed by atoms with E-state index < -0.39 is 30.1 Å². The van der Waals surface area contributed by atoms with Crippen LogP contribution in [0.2, 0.25) is 0 Å². The van der Waals surface area contributed by atoms with Gasteiger partial charge in [-0.1, -0.05) is 36.4 Å². The molecule has 0 bridgehead atoms. The van der Waals surface area contributed by atoms with Crippen LogP contribution in [0.4, 0.5) is 0 Å². The number of aliphatic carboxylic acids is 1. The van der Waals surface area contributed by atoms with E-state index in [9.17, 15) is 24.6 Å².